The fourth-order valence-corrected chi connectivity index (χ4v) is 2.99. The van der Waals surface area contributed by atoms with Crippen LogP contribution in [0.4, 0.5) is 0 Å². The second-order valence-electron chi connectivity index (χ2n) is 6.55. The number of carbonyl (C=O) groups is 1. The van der Waals surface area contributed by atoms with E-state index < -0.39 is 0 Å². The van der Waals surface area contributed by atoms with Gasteiger partial charge in [-0.25, -0.2) is 0 Å². The normalized spacial score (nSPS) is 32.8. The van der Waals surface area contributed by atoms with Gasteiger partial charge >= 0.3 is 0 Å². The molecule has 2 aliphatic rings. The molecule has 3 heteroatoms. The average molecular weight is 236 g/mol. The first-order valence-electron chi connectivity index (χ1n) is 6.60. The third-order valence-corrected chi connectivity index (χ3v) is 4.21. The number of allylic oxidation sites excluding steroid dienone is 2. The maximum absolute atomic E-state index is 12.3. The van der Waals surface area contributed by atoms with Crippen LogP contribution in [0.25, 0.3) is 0 Å². The number of hydrogen-bond acceptors (Lipinski definition) is 2. The predicted molar refractivity (Wildman–Crippen MR) is 69.3 cm³/mol. The maximum Gasteiger partial charge on any atom is 0.224 e. The first-order chi connectivity index (χ1) is 7.91. The molecule has 0 aromatic heterocycles. The SMILES string of the molecule is CC(C)(C)C(CN)NC(=O)C1CC2C=CC1C2. The lowest BCUT2D eigenvalue weighted by atomic mass is 9.85. The summed E-state index contributed by atoms with van der Waals surface area (Å²) in [6.07, 6.45) is 6.67. The Hall–Kier alpha value is -0.830. The third kappa shape index (κ3) is 2.54. The van der Waals surface area contributed by atoms with Gasteiger partial charge in [0.2, 0.25) is 5.91 Å². The van der Waals surface area contributed by atoms with Crippen molar-refractivity contribution in [2.24, 2.45) is 28.9 Å². The third-order valence-electron chi connectivity index (χ3n) is 4.21. The summed E-state index contributed by atoms with van der Waals surface area (Å²) in [5, 5.41) is 3.14. The molecule has 1 amide bonds. The van der Waals surface area contributed by atoms with Crippen LogP contribution < -0.4 is 11.1 Å². The van der Waals surface area contributed by atoms with E-state index in [1.54, 1.807) is 0 Å². The van der Waals surface area contributed by atoms with E-state index in [9.17, 15) is 4.79 Å². The smallest absolute Gasteiger partial charge is 0.224 e. The second kappa shape index (κ2) is 4.45. The van der Waals surface area contributed by atoms with Crippen molar-refractivity contribution in [2.75, 3.05) is 6.54 Å². The van der Waals surface area contributed by atoms with E-state index in [2.05, 4.69) is 38.2 Å². The molecule has 3 N–H and O–H groups in total. The molecule has 1 saturated carbocycles. The second-order valence-corrected chi connectivity index (χ2v) is 6.55. The molecule has 0 heterocycles. The van der Waals surface area contributed by atoms with Crippen molar-refractivity contribution >= 4 is 5.91 Å². The number of amides is 1. The quantitative estimate of drug-likeness (QED) is 0.733. The van der Waals surface area contributed by atoms with Crippen LogP contribution in [0.3, 0.4) is 0 Å². The fraction of sp³-hybridized carbons (Fsp3) is 0.786. The van der Waals surface area contributed by atoms with Gasteiger partial charge in [-0.15, -0.1) is 0 Å². The summed E-state index contributed by atoms with van der Waals surface area (Å²) in [6, 6.07) is 0.0677. The van der Waals surface area contributed by atoms with E-state index in [1.165, 1.54) is 6.42 Å². The van der Waals surface area contributed by atoms with Crippen molar-refractivity contribution in [1.29, 1.82) is 0 Å². The summed E-state index contributed by atoms with van der Waals surface area (Å²) in [7, 11) is 0. The number of nitrogens with one attached hydrogen (secondary N) is 1. The van der Waals surface area contributed by atoms with Gasteiger partial charge in [0.1, 0.15) is 0 Å². The lowest BCUT2D eigenvalue weighted by Crippen LogP contribution is -2.50. The lowest BCUT2D eigenvalue weighted by Gasteiger charge is -2.32. The molecule has 96 valence electrons. The van der Waals surface area contributed by atoms with Crippen LogP contribution in [0, 0.1) is 23.2 Å². The zero-order valence-electron chi connectivity index (χ0n) is 11.1. The molecule has 0 aliphatic heterocycles. The average Bonchev–Trinajstić information content (AvgIpc) is 2.85. The summed E-state index contributed by atoms with van der Waals surface area (Å²) < 4.78 is 0. The van der Waals surface area contributed by atoms with Crippen molar-refractivity contribution in [3.63, 3.8) is 0 Å². The number of fused-ring (bicyclic) bond motifs is 2. The van der Waals surface area contributed by atoms with E-state index >= 15 is 0 Å². The Morgan fingerprint density at radius 3 is 2.53 bits per heavy atom. The molecule has 1 fully saturated rings. The van der Waals surface area contributed by atoms with Gasteiger partial charge in [-0.3, -0.25) is 4.79 Å². The molecule has 0 aromatic rings. The van der Waals surface area contributed by atoms with Crippen LogP contribution in [-0.2, 0) is 4.79 Å². The summed E-state index contributed by atoms with van der Waals surface area (Å²) in [6.45, 7) is 6.86. The Kier molecular flexibility index (Phi) is 3.30. The van der Waals surface area contributed by atoms with Gasteiger partial charge in [-0.2, -0.15) is 0 Å². The van der Waals surface area contributed by atoms with Gasteiger partial charge in [-0.05, 0) is 30.1 Å². The topological polar surface area (TPSA) is 55.1 Å². The highest BCUT2D eigenvalue weighted by molar-refractivity contribution is 5.80. The van der Waals surface area contributed by atoms with E-state index in [0.29, 0.717) is 18.4 Å². The van der Waals surface area contributed by atoms with Gasteiger partial charge in [-0.1, -0.05) is 32.9 Å². The summed E-state index contributed by atoms with van der Waals surface area (Å²) in [5.74, 6) is 1.49. The molecule has 4 unspecified atom stereocenters. The number of hydrogen-bond donors (Lipinski definition) is 2. The number of carbonyl (C=O) groups excluding carboxylic acids is 1. The van der Waals surface area contributed by atoms with Gasteiger partial charge in [0.05, 0.1) is 0 Å². The largest absolute Gasteiger partial charge is 0.351 e. The Bertz CT molecular complexity index is 330. The molecule has 0 radical (unpaired) electrons. The summed E-state index contributed by atoms with van der Waals surface area (Å²) in [5.41, 5.74) is 5.78. The molecule has 17 heavy (non-hydrogen) atoms. The molecule has 0 spiro atoms. The van der Waals surface area contributed by atoms with Crippen molar-refractivity contribution in [1.82, 2.24) is 5.32 Å². The van der Waals surface area contributed by atoms with Crippen molar-refractivity contribution in [2.45, 2.75) is 39.7 Å². The molecule has 2 bridgehead atoms. The van der Waals surface area contributed by atoms with Crippen LogP contribution in [0.15, 0.2) is 12.2 Å². The lowest BCUT2D eigenvalue weighted by molar-refractivity contribution is -0.127. The molecule has 3 nitrogen and oxygen atoms in total. The Morgan fingerprint density at radius 1 is 1.41 bits per heavy atom. The van der Waals surface area contributed by atoms with Gasteiger partial charge in [0.15, 0.2) is 0 Å². The first kappa shape index (κ1) is 12.6. The highest BCUT2D eigenvalue weighted by Gasteiger charge is 2.40. The molecule has 2 rings (SSSR count). The van der Waals surface area contributed by atoms with Crippen LogP contribution in [0.2, 0.25) is 0 Å². The van der Waals surface area contributed by atoms with Gasteiger partial charge < -0.3 is 11.1 Å². The molecular formula is C14H24N2O. The van der Waals surface area contributed by atoms with Gasteiger partial charge in [0.25, 0.3) is 0 Å². The minimum Gasteiger partial charge on any atom is -0.351 e. The van der Waals surface area contributed by atoms with E-state index in [0.717, 1.165) is 6.42 Å². The zero-order valence-corrected chi connectivity index (χ0v) is 11.1. The maximum atomic E-state index is 12.3. The van der Waals surface area contributed by atoms with E-state index in [1.807, 2.05) is 0 Å². The summed E-state index contributed by atoms with van der Waals surface area (Å²) in [4.78, 5) is 12.3. The Labute approximate surface area is 104 Å². The Balaban J connectivity index is 1.95. The fourth-order valence-electron chi connectivity index (χ4n) is 2.99. The molecular weight excluding hydrogens is 212 g/mol. The molecule has 2 aliphatic carbocycles. The monoisotopic (exact) mass is 236 g/mol. The Morgan fingerprint density at radius 2 is 2.12 bits per heavy atom. The summed E-state index contributed by atoms with van der Waals surface area (Å²) >= 11 is 0. The minimum atomic E-state index is 0.0257. The predicted octanol–water partition coefficient (Wildman–Crippen LogP) is 1.69. The highest BCUT2D eigenvalue weighted by Crippen LogP contribution is 2.43. The van der Waals surface area contributed by atoms with Crippen LogP contribution in [0.5, 0.6) is 0 Å². The van der Waals surface area contributed by atoms with Crippen LogP contribution in [-0.4, -0.2) is 18.5 Å². The van der Waals surface area contributed by atoms with Crippen LogP contribution >= 0.6 is 0 Å². The van der Waals surface area contributed by atoms with E-state index in [-0.39, 0.29) is 23.3 Å². The van der Waals surface area contributed by atoms with Gasteiger partial charge in [0, 0.05) is 18.5 Å². The van der Waals surface area contributed by atoms with Crippen molar-refractivity contribution < 1.29 is 4.79 Å². The van der Waals surface area contributed by atoms with E-state index in [4.69, 9.17) is 5.73 Å². The highest BCUT2D eigenvalue weighted by atomic mass is 16.2. The zero-order chi connectivity index (χ0) is 12.6. The molecule has 4 atom stereocenters. The molecule has 0 aromatic carbocycles. The number of rotatable bonds is 3. The van der Waals surface area contributed by atoms with Crippen LogP contribution in [0.1, 0.15) is 33.6 Å². The van der Waals surface area contributed by atoms with Crippen molar-refractivity contribution in [3.05, 3.63) is 12.2 Å². The minimum absolute atomic E-state index is 0.0257. The first-order valence-corrected chi connectivity index (χ1v) is 6.60. The molecule has 0 saturated heterocycles. The number of nitrogens with two attached hydrogens (primary N) is 1. The van der Waals surface area contributed by atoms with Crippen molar-refractivity contribution in [3.8, 4) is 0 Å². The standard InChI is InChI=1S/C14H24N2O/c1-14(2,3)12(8-15)16-13(17)11-7-9-4-5-10(11)6-9/h4-5,9-12H,6-8,15H2,1-3H3,(H,16,17).